The first-order valence-corrected chi connectivity index (χ1v) is 14.1. The van der Waals surface area contributed by atoms with Crippen molar-refractivity contribution in [2.75, 3.05) is 0 Å². The number of benzene rings is 4. The molecule has 1 atom stereocenters. The number of rotatable bonds is 2. The van der Waals surface area contributed by atoms with Crippen molar-refractivity contribution in [1.29, 1.82) is 0 Å². The number of nitrogens with zero attached hydrogens (tertiary/aromatic N) is 3. The van der Waals surface area contributed by atoms with Crippen LogP contribution >= 0.6 is 11.3 Å². The van der Waals surface area contributed by atoms with Crippen LogP contribution in [0.1, 0.15) is 6.04 Å². The van der Waals surface area contributed by atoms with Gasteiger partial charge in [-0.15, -0.1) is 11.3 Å². The minimum absolute atomic E-state index is 0.116. The van der Waals surface area contributed by atoms with Gasteiger partial charge in [0.15, 0.2) is 0 Å². The Hall–Kier alpha value is -4.80. The molecule has 4 heterocycles. The number of pyridine rings is 1. The van der Waals surface area contributed by atoms with E-state index >= 15 is 0 Å². The predicted molar refractivity (Wildman–Crippen MR) is 166 cm³/mol. The molecule has 4 heteroatoms. The molecule has 0 radical (unpaired) electrons. The number of aromatic nitrogens is 2. The van der Waals surface area contributed by atoms with Gasteiger partial charge in [-0.3, -0.25) is 4.98 Å². The van der Waals surface area contributed by atoms with E-state index in [9.17, 15) is 0 Å². The van der Waals surface area contributed by atoms with E-state index in [1.165, 1.54) is 58.9 Å². The highest BCUT2D eigenvalue weighted by Gasteiger charge is 2.37. The molecule has 9 rings (SSSR count). The number of allylic oxidation sites excluding steroid dienone is 4. The quantitative estimate of drug-likeness (QED) is 0.210. The molecule has 1 aliphatic heterocycles. The smallest absolute Gasteiger partial charge is 0.235 e. The molecule has 0 fully saturated rings. The summed E-state index contributed by atoms with van der Waals surface area (Å²) in [7, 11) is 0. The van der Waals surface area contributed by atoms with Crippen LogP contribution in [0.3, 0.4) is 0 Å². The molecular weight excluding hydrogens is 494 g/mol. The van der Waals surface area contributed by atoms with Gasteiger partial charge in [-0.1, -0.05) is 54.6 Å². The second-order valence-corrected chi connectivity index (χ2v) is 11.3. The van der Waals surface area contributed by atoms with E-state index in [2.05, 4.69) is 123 Å². The maximum Gasteiger partial charge on any atom is 0.235 e. The third-order valence-electron chi connectivity index (χ3n) is 8.18. The highest BCUT2D eigenvalue weighted by atomic mass is 32.1. The minimum Gasteiger partial charge on any atom is -0.318 e. The summed E-state index contributed by atoms with van der Waals surface area (Å²) >= 11 is 1.89. The van der Waals surface area contributed by atoms with Crippen molar-refractivity contribution in [1.82, 2.24) is 14.1 Å². The summed E-state index contributed by atoms with van der Waals surface area (Å²) in [5.74, 6) is 0. The summed E-state index contributed by atoms with van der Waals surface area (Å²) in [6.45, 7) is 0. The summed E-state index contributed by atoms with van der Waals surface area (Å²) in [5.41, 5.74) is 8.53. The lowest BCUT2D eigenvalue weighted by molar-refractivity contribution is 0.781. The largest absolute Gasteiger partial charge is 0.318 e. The number of thiophene rings is 1. The van der Waals surface area contributed by atoms with Crippen molar-refractivity contribution in [2.24, 2.45) is 0 Å². The molecule has 0 bridgehead atoms. The van der Waals surface area contributed by atoms with Crippen LogP contribution in [0.4, 0.5) is 11.4 Å². The molecular formula is C35H22N3S+. The van der Waals surface area contributed by atoms with Crippen LogP contribution in [0, 0.1) is 0 Å². The Morgan fingerprint density at radius 3 is 2.51 bits per heavy atom. The van der Waals surface area contributed by atoms with Gasteiger partial charge in [0.25, 0.3) is 0 Å². The van der Waals surface area contributed by atoms with E-state index in [0.29, 0.717) is 0 Å². The maximum absolute atomic E-state index is 4.30. The van der Waals surface area contributed by atoms with Gasteiger partial charge >= 0.3 is 0 Å². The first-order chi connectivity index (χ1) is 19.4. The van der Waals surface area contributed by atoms with Crippen molar-refractivity contribution >= 4 is 70.4 Å². The van der Waals surface area contributed by atoms with Crippen LogP contribution in [0.25, 0.3) is 53.1 Å². The summed E-state index contributed by atoms with van der Waals surface area (Å²) in [6, 6.07) is 33.3. The number of hydrogen-bond donors (Lipinski definition) is 0. The van der Waals surface area contributed by atoms with E-state index in [0.717, 1.165) is 11.3 Å². The van der Waals surface area contributed by atoms with Crippen molar-refractivity contribution in [3.05, 3.63) is 128 Å². The highest BCUT2D eigenvalue weighted by molar-refractivity contribution is 7.26. The highest BCUT2D eigenvalue weighted by Crippen LogP contribution is 2.47. The monoisotopic (exact) mass is 516 g/mol. The zero-order valence-corrected chi connectivity index (χ0v) is 21.8. The SMILES string of the molecule is C1=CC2=[N+](c3ccc(-c4cccnc4)cc3)c3cccc4c5c6c(ccc5n(c34)C2C=C1)sc1ccccc16. The minimum atomic E-state index is 0.116. The molecule has 3 nitrogen and oxygen atoms in total. The number of para-hydroxylation sites is 1. The molecule has 4 aromatic carbocycles. The molecule has 0 spiro atoms. The van der Waals surface area contributed by atoms with Crippen molar-refractivity contribution < 1.29 is 0 Å². The van der Waals surface area contributed by atoms with Gasteiger partial charge in [0.05, 0.1) is 5.52 Å². The second kappa shape index (κ2) is 7.85. The van der Waals surface area contributed by atoms with Crippen LogP contribution in [0.5, 0.6) is 0 Å². The summed E-state index contributed by atoms with van der Waals surface area (Å²) in [6.07, 6.45) is 12.7. The third-order valence-corrected chi connectivity index (χ3v) is 9.31. The molecule has 0 N–H and O–H groups in total. The van der Waals surface area contributed by atoms with Gasteiger partial charge in [0.1, 0.15) is 11.6 Å². The van der Waals surface area contributed by atoms with E-state index < -0.39 is 0 Å². The fourth-order valence-corrected chi connectivity index (χ4v) is 7.68. The van der Waals surface area contributed by atoms with Gasteiger partial charge in [0, 0.05) is 67.6 Å². The average molecular weight is 517 g/mol. The van der Waals surface area contributed by atoms with Gasteiger partial charge in [-0.2, -0.15) is 4.58 Å². The van der Waals surface area contributed by atoms with Crippen LogP contribution in [-0.4, -0.2) is 15.3 Å². The number of fused-ring (bicyclic) bond motifs is 9. The Bertz CT molecular complexity index is 2210. The molecule has 0 saturated carbocycles. The molecule has 2 aliphatic rings. The first-order valence-electron chi connectivity index (χ1n) is 13.3. The van der Waals surface area contributed by atoms with Gasteiger partial charge in [-0.25, -0.2) is 0 Å². The molecule has 1 aliphatic carbocycles. The molecule has 182 valence electrons. The van der Waals surface area contributed by atoms with Gasteiger partial charge in [-0.05, 0) is 47.5 Å². The Balaban J connectivity index is 1.36. The van der Waals surface area contributed by atoms with E-state index in [-0.39, 0.29) is 6.04 Å². The van der Waals surface area contributed by atoms with E-state index in [4.69, 9.17) is 0 Å². The maximum atomic E-state index is 4.30. The summed E-state index contributed by atoms with van der Waals surface area (Å²) < 4.78 is 7.69. The van der Waals surface area contributed by atoms with E-state index in [1.807, 2.05) is 29.8 Å². The summed E-state index contributed by atoms with van der Waals surface area (Å²) in [4.78, 5) is 4.30. The number of hydrogen-bond acceptors (Lipinski definition) is 2. The van der Waals surface area contributed by atoms with Crippen LogP contribution < -0.4 is 4.58 Å². The lowest BCUT2D eigenvalue weighted by atomic mass is 10.0. The van der Waals surface area contributed by atoms with Crippen LogP contribution in [0.2, 0.25) is 0 Å². The Morgan fingerprint density at radius 1 is 0.718 bits per heavy atom. The van der Waals surface area contributed by atoms with Gasteiger partial charge < -0.3 is 4.57 Å². The fourth-order valence-electron chi connectivity index (χ4n) is 6.56. The Kier molecular flexibility index (Phi) is 4.26. The second-order valence-electron chi connectivity index (χ2n) is 10.2. The van der Waals surface area contributed by atoms with Crippen molar-refractivity contribution in [3.63, 3.8) is 0 Å². The predicted octanol–water partition coefficient (Wildman–Crippen LogP) is 9.18. The third kappa shape index (κ3) is 2.87. The van der Waals surface area contributed by atoms with E-state index in [1.54, 1.807) is 0 Å². The normalized spacial score (nSPS) is 16.2. The summed E-state index contributed by atoms with van der Waals surface area (Å²) in [5, 5.41) is 5.40. The standard InChI is InChI=1S/C35H22N3S/c1-4-13-31-25(8-1)34-32(39-31)19-18-29-33(34)26-9-5-12-30-35(26)38(29)28-11-3-2-10-27(28)37(30)24-16-14-22(15-17-24)23-7-6-20-36-21-23/h1-21,28H/q+1. The lowest BCUT2D eigenvalue weighted by Crippen LogP contribution is -2.30. The molecule has 0 amide bonds. The Labute approximate surface area is 228 Å². The zero-order chi connectivity index (χ0) is 25.5. The van der Waals surface area contributed by atoms with Crippen molar-refractivity contribution in [2.45, 2.75) is 6.04 Å². The first kappa shape index (κ1) is 21.2. The molecule has 7 aromatic rings. The van der Waals surface area contributed by atoms with Crippen LogP contribution in [0.15, 0.2) is 128 Å². The zero-order valence-electron chi connectivity index (χ0n) is 21.0. The molecule has 39 heavy (non-hydrogen) atoms. The molecule has 3 aromatic heterocycles. The fraction of sp³-hybridized carbons (Fsp3) is 0.0286. The van der Waals surface area contributed by atoms with Crippen LogP contribution in [-0.2, 0) is 0 Å². The van der Waals surface area contributed by atoms with Gasteiger partial charge in [0.2, 0.25) is 17.1 Å². The Morgan fingerprint density at radius 2 is 1.62 bits per heavy atom. The molecule has 1 unspecified atom stereocenters. The topological polar surface area (TPSA) is 20.8 Å². The molecule has 0 saturated heterocycles. The average Bonchev–Trinajstić information content (AvgIpc) is 3.55. The van der Waals surface area contributed by atoms with Crippen molar-refractivity contribution in [3.8, 4) is 11.1 Å². The lowest BCUT2D eigenvalue weighted by Gasteiger charge is -2.24.